The molecule has 4 aromatic rings. The van der Waals surface area contributed by atoms with E-state index in [0.717, 1.165) is 11.1 Å². The minimum absolute atomic E-state index is 0.116. The molecule has 38 heavy (non-hydrogen) atoms. The van der Waals surface area contributed by atoms with Gasteiger partial charge in [-0.1, -0.05) is 54.6 Å². The summed E-state index contributed by atoms with van der Waals surface area (Å²) in [6, 6.07) is 29.5. The molecule has 1 atom stereocenters. The summed E-state index contributed by atoms with van der Waals surface area (Å²) in [7, 11) is -0.663. The van der Waals surface area contributed by atoms with Gasteiger partial charge in [-0.25, -0.2) is 8.42 Å². The Labute approximate surface area is 223 Å². The fraction of sp³-hybridized carbons (Fsp3) is 0.167. The molecule has 196 valence electrons. The average Bonchev–Trinajstić information content (AvgIpc) is 2.96. The van der Waals surface area contributed by atoms with E-state index in [0.29, 0.717) is 22.7 Å². The maximum Gasteiger partial charge on any atom is 0.264 e. The van der Waals surface area contributed by atoms with E-state index in [1.807, 2.05) is 25.1 Å². The van der Waals surface area contributed by atoms with Crippen LogP contribution in [0.1, 0.15) is 34.5 Å². The van der Waals surface area contributed by atoms with Crippen LogP contribution in [-0.4, -0.2) is 28.5 Å². The molecule has 4 aromatic carbocycles. The number of methoxy groups -OCH3 is 2. The maximum absolute atomic E-state index is 13.5. The molecule has 0 fully saturated rings. The third-order valence-electron chi connectivity index (χ3n) is 6.17. The second kappa shape index (κ2) is 11.8. The number of para-hydroxylation sites is 1. The quantitative estimate of drug-likeness (QED) is 0.289. The van der Waals surface area contributed by atoms with Crippen LogP contribution in [0, 0.1) is 0 Å². The number of sulfonamides is 1. The van der Waals surface area contributed by atoms with Crippen LogP contribution in [0.25, 0.3) is 0 Å². The molecule has 0 spiro atoms. The highest BCUT2D eigenvalue weighted by Crippen LogP contribution is 2.30. The number of carbonyl (C=O) groups is 1. The van der Waals surface area contributed by atoms with Crippen molar-refractivity contribution < 1.29 is 22.7 Å². The summed E-state index contributed by atoms with van der Waals surface area (Å²) in [6.07, 6.45) is 0. The van der Waals surface area contributed by atoms with Gasteiger partial charge < -0.3 is 14.8 Å². The fourth-order valence-corrected chi connectivity index (χ4v) is 5.52. The standard InChI is InChI=1S/C30H30N2O5S/c1-22(25-18-19-28(36-2)29(20-25)37-3)31-30(33)24-16-14-23(15-17-24)21-32(26-10-6-4-7-11-26)38(34,35)27-12-8-5-9-13-27/h4-20,22H,21H2,1-3H3,(H,31,33)/t22-/m0/s1. The summed E-state index contributed by atoms with van der Waals surface area (Å²) in [6.45, 7) is 2.00. The van der Waals surface area contributed by atoms with E-state index in [4.69, 9.17) is 9.47 Å². The predicted molar refractivity (Wildman–Crippen MR) is 148 cm³/mol. The Morgan fingerprint density at radius 3 is 2.03 bits per heavy atom. The number of hydrogen-bond acceptors (Lipinski definition) is 5. The van der Waals surface area contributed by atoms with E-state index in [-0.39, 0.29) is 23.4 Å². The Hall–Kier alpha value is -4.30. The first kappa shape index (κ1) is 26.8. The molecule has 0 aromatic heterocycles. The van der Waals surface area contributed by atoms with Crippen LogP contribution < -0.4 is 19.1 Å². The Balaban J connectivity index is 1.51. The van der Waals surface area contributed by atoms with Crippen LogP contribution in [-0.2, 0) is 16.6 Å². The van der Waals surface area contributed by atoms with Crippen LogP contribution >= 0.6 is 0 Å². The highest BCUT2D eigenvalue weighted by atomic mass is 32.2. The molecular weight excluding hydrogens is 500 g/mol. The van der Waals surface area contributed by atoms with E-state index in [1.54, 1.807) is 99.1 Å². The van der Waals surface area contributed by atoms with Crippen molar-refractivity contribution in [2.24, 2.45) is 0 Å². The predicted octanol–water partition coefficient (Wildman–Crippen LogP) is 5.59. The van der Waals surface area contributed by atoms with Gasteiger partial charge in [0, 0.05) is 5.56 Å². The average molecular weight is 531 g/mol. The van der Waals surface area contributed by atoms with E-state index in [9.17, 15) is 13.2 Å². The Kier molecular flexibility index (Phi) is 8.33. The molecule has 0 unspecified atom stereocenters. The molecule has 0 saturated carbocycles. The first-order valence-corrected chi connectivity index (χ1v) is 13.5. The summed E-state index contributed by atoms with van der Waals surface area (Å²) in [4.78, 5) is 13.1. The summed E-state index contributed by atoms with van der Waals surface area (Å²) in [5.74, 6) is 0.962. The molecule has 0 heterocycles. The van der Waals surface area contributed by atoms with Crippen LogP contribution in [0.15, 0.2) is 108 Å². The van der Waals surface area contributed by atoms with Crippen molar-refractivity contribution in [2.75, 3.05) is 18.5 Å². The zero-order valence-electron chi connectivity index (χ0n) is 21.5. The second-order valence-corrected chi connectivity index (χ2v) is 10.5. The third-order valence-corrected chi connectivity index (χ3v) is 7.96. The normalized spacial score (nSPS) is 11.9. The van der Waals surface area contributed by atoms with Gasteiger partial charge in [0.25, 0.3) is 15.9 Å². The van der Waals surface area contributed by atoms with Crippen molar-refractivity contribution in [3.05, 3.63) is 120 Å². The molecular formula is C30H30N2O5S. The highest BCUT2D eigenvalue weighted by Gasteiger charge is 2.25. The summed E-state index contributed by atoms with van der Waals surface area (Å²) < 4.78 is 39.0. The molecule has 1 N–H and O–H groups in total. The van der Waals surface area contributed by atoms with Gasteiger partial charge in [-0.15, -0.1) is 0 Å². The van der Waals surface area contributed by atoms with Crippen molar-refractivity contribution in [1.82, 2.24) is 5.32 Å². The van der Waals surface area contributed by atoms with E-state index < -0.39 is 10.0 Å². The molecule has 0 bridgehead atoms. The number of nitrogens with zero attached hydrogens (tertiary/aromatic N) is 1. The van der Waals surface area contributed by atoms with Crippen LogP contribution in [0.2, 0.25) is 0 Å². The first-order valence-electron chi connectivity index (χ1n) is 12.1. The lowest BCUT2D eigenvalue weighted by Gasteiger charge is -2.25. The topological polar surface area (TPSA) is 84.9 Å². The van der Waals surface area contributed by atoms with Crippen molar-refractivity contribution in [2.45, 2.75) is 24.4 Å². The summed E-state index contributed by atoms with van der Waals surface area (Å²) >= 11 is 0. The lowest BCUT2D eigenvalue weighted by atomic mass is 10.1. The molecule has 8 heteroatoms. The van der Waals surface area contributed by atoms with Crippen molar-refractivity contribution in [1.29, 1.82) is 0 Å². The number of amides is 1. The largest absolute Gasteiger partial charge is 0.493 e. The van der Waals surface area contributed by atoms with Crippen molar-refractivity contribution in [3.8, 4) is 11.5 Å². The fourth-order valence-electron chi connectivity index (χ4n) is 4.04. The van der Waals surface area contributed by atoms with Gasteiger partial charge in [-0.05, 0) is 66.6 Å². The molecule has 1 amide bonds. The highest BCUT2D eigenvalue weighted by molar-refractivity contribution is 7.92. The lowest BCUT2D eigenvalue weighted by molar-refractivity contribution is 0.0940. The third kappa shape index (κ3) is 5.98. The van der Waals surface area contributed by atoms with Gasteiger partial charge in [0.2, 0.25) is 0 Å². The molecule has 0 saturated heterocycles. The Morgan fingerprint density at radius 2 is 1.42 bits per heavy atom. The van der Waals surface area contributed by atoms with Gasteiger partial charge in [0.15, 0.2) is 11.5 Å². The SMILES string of the molecule is COc1ccc([C@H](C)NC(=O)c2ccc(CN(c3ccccc3)S(=O)(=O)c3ccccc3)cc2)cc1OC. The number of ether oxygens (including phenoxy) is 2. The van der Waals surface area contributed by atoms with Gasteiger partial charge >= 0.3 is 0 Å². The van der Waals surface area contributed by atoms with Crippen LogP contribution in [0.3, 0.4) is 0 Å². The Morgan fingerprint density at radius 1 is 0.816 bits per heavy atom. The van der Waals surface area contributed by atoms with E-state index >= 15 is 0 Å². The number of hydrogen-bond donors (Lipinski definition) is 1. The van der Waals surface area contributed by atoms with Crippen molar-refractivity contribution >= 4 is 21.6 Å². The van der Waals surface area contributed by atoms with Crippen LogP contribution in [0.5, 0.6) is 11.5 Å². The second-order valence-electron chi connectivity index (χ2n) is 8.67. The van der Waals surface area contributed by atoms with Crippen LogP contribution in [0.4, 0.5) is 5.69 Å². The zero-order chi connectivity index (χ0) is 27.1. The minimum Gasteiger partial charge on any atom is -0.493 e. The summed E-state index contributed by atoms with van der Waals surface area (Å²) in [5.41, 5.74) is 2.65. The van der Waals surface area contributed by atoms with Gasteiger partial charge in [-0.3, -0.25) is 9.10 Å². The number of rotatable bonds is 10. The van der Waals surface area contributed by atoms with Gasteiger partial charge in [0.1, 0.15) is 0 Å². The molecule has 7 nitrogen and oxygen atoms in total. The number of carbonyl (C=O) groups excluding carboxylic acids is 1. The number of anilines is 1. The Bertz CT molecular complexity index is 1470. The monoisotopic (exact) mass is 530 g/mol. The van der Waals surface area contributed by atoms with E-state index in [1.165, 1.54) is 4.31 Å². The number of nitrogens with one attached hydrogen (secondary N) is 1. The number of benzene rings is 4. The molecule has 0 aliphatic rings. The van der Waals surface area contributed by atoms with Gasteiger partial charge in [-0.2, -0.15) is 0 Å². The first-order chi connectivity index (χ1) is 18.3. The molecule has 0 radical (unpaired) electrons. The molecule has 0 aliphatic heterocycles. The zero-order valence-corrected chi connectivity index (χ0v) is 22.3. The smallest absolute Gasteiger partial charge is 0.264 e. The summed E-state index contributed by atoms with van der Waals surface area (Å²) in [5, 5.41) is 2.99. The van der Waals surface area contributed by atoms with E-state index in [2.05, 4.69) is 5.32 Å². The lowest BCUT2D eigenvalue weighted by Crippen LogP contribution is -2.30. The molecule has 0 aliphatic carbocycles. The minimum atomic E-state index is -3.80. The maximum atomic E-state index is 13.5. The van der Waals surface area contributed by atoms with Gasteiger partial charge in [0.05, 0.1) is 37.4 Å². The van der Waals surface area contributed by atoms with Crippen molar-refractivity contribution in [3.63, 3.8) is 0 Å². The molecule has 4 rings (SSSR count).